The Morgan fingerprint density at radius 3 is 2.11 bits per heavy atom. The van der Waals surface area contributed by atoms with Crippen LogP contribution < -0.4 is 19.4 Å². The number of aromatic nitrogens is 2. The van der Waals surface area contributed by atoms with Crippen molar-refractivity contribution in [1.29, 1.82) is 0 Å². The lowest BCUT2D eigenvalue weighted by molar-refractivity contribution is -0.136. The predicted molar refractivity (Wildman–Crippen MR) is 134 cm³/mol. The molecule has 4 heterocycles. The second-order valence-corrected chi connectivity index (χ2v) is 9.44. The van der Waals surface area contributed by atoms with Gasteiger partial charge in [-0.15, -0.1) is 0 Å². The number of rotatable bonds is 5. The molecule has 0 radical (unpaired) electrons. The molecule has 2 aromatic rings. The van der Waals surface area contributed by atoms with Gasteiger partial charge in [-0.1, -0.05) is 0 Å². The zero-order chi connectivity index (χ0) is 24.4. The molecule has 2 amide bonds. The highest BCUT2D eigenvalue weighted by Gasteiger charge is 2.38. The molecule has 3 aliphatic rings. The maximum atomic E-state index is 13.2. The van der Waals surface area contributed by atoms with Gasteiger partial charge in [-0.3, -0.25) is 9.59 Å². The Morgan fingerprint density at radius 2 is 1.51 bits per heavy atom. The van der Waals surface area contributed by atoms with Crippen molar-refractivity contribution in [2.24, 2.45) is 5.92 Å². The number of nitrogens with zero attached hydrogens (tertiary/aromatic N) is 7. The Kier molecular flexibility index (Phi) is 6.72. The molecule has 0 bridgehead atoms. The van der Waals surface area contributed by atoms with Gasteiger partial charge in [0.2, 0.25) is 11.8 Å². The van der Waals surface area contributed by atoms with E-state index in [4.69, 9.17) is 4.74 Å². The Hall–Kier alpha value is -3.40. The van der Waals surface area contributed by atoms with E-state index in [0.717, 1.165) is 49.3 Å². The smallest absolute Gasteiger partial charge is 0.228 e. The summed E-state index contributed by atoms with van der Waals surface area (Å²) in [5.74, 6) is 2.36. The molecule has 3 fully saturated rings. The Balaban J connectivity index is 1.16. The van der Waals surface area contributed by atoms with Crippen LogP contribution in [0, 0.1) is 5.92 Å². The van der Waals surface area contributed by atoms with E-state index >= 15 is 0 Å². The van der Waals surface area contributed by atoms with E-state index in [-0.39, 0.29) is 24.2 Å². The topological polar surface area (TPSA) is 85.3 Å². The highest BCUT2D eigenvalue weighted by Crippen LogP contribution is 2.28. The van der Waals surface area contributed by atoms with Crippen LogP contribution in [0.3, 0.4) is 0 Å². The summed E-state index contributed by atoms with van der Waals surface area (Å²) in [7, 11) is 3.75. The molecule has 1 aromatic carbocycles. The highest BCUT2D eigenvalue weighted by atomic mass is 16.5. The zero-order valence-corrected chi connectivity index (χ0v) is 20.5. The van der Waals surface area contributed by atoms with Crippen molar-refractivity contribution in [3.8, 4) is 5.75 Å². The van der Waals surface area contributed by atoms with Crippen molar-refractivity contribution in [2.75, 3.05) is 87.8 Å². The van der Waals surface area contributed by atoms with Gasteiger partial charge in [-0.05, 0) is 31.3 Å². The van der Waals surface area contributed by atoms with Crippen molar-refractivity contribution in [3.63, 3.8) is 0 Å². The van der Waals surface area contributed by atoms with Crippen LogP contribution in [-0.2, 0) is 9.59 Å². The summed E-state index contributed by atoms with van der Waals surface area (Å²) in [6, 6.07) is 9.45. The van der Waals surface area contributed by atoms with E-state index in [1.165, 1.54) is 0 Å². The van der Waals surface area contributed by atoms with Crippen LogP contribution in [0.25, 0.3) is 0 Å². The van der Waals surface area contributed by atoms with E-state index < -0.39 is 0 Å². The summed E-state index contributed by atoms with van der Waals surface area (Å²) in [6.07, 6.45) is 1.89. The SMILES string of the molecule is COc1ccc(N2CC(C(=O)N3CCN(c4cc(N5CCN(C)CC5)ncn4)CC3)CC2=O)cc1. The van der Waals surface area contributed by atoms with Crippen LogP contribution in [-0.4, -0.2) is 105 Å². The molecule has 0 saturated carbocycles. The van der Waals surface area contributed by atoms with E-state index in [0.29, 0.717) is 32.7 Å². The van der Waals surface area contributed by atoms with Gasteiger partial charge in [-0.2, -0.15) is 0 Å². The molecule has 5 rings (SSSR count). The lowest BCUT2D eigenvalue weighted by Crippen LogP contribution is -2.51. The van der Waals surface area contributed by atoms with Crippen LogP contribution in [0.15, 0.2) is 36.7 Å². The molecule has 0 N–H and O–H groups in total. The monoisotopic (exact) mass is 479 g/mol. The Bertz CT molecular complexity index is 1050. The third-order valence-corrected chi connectivity index (χ3v) is 7.24. The van der Waals surface area contributed by atoms with Gasteiger partial charge in [0.1, 0.15) is 23.7 Å². The molecular formula is C25H33N7O3. The second kappa shape index (κ2) is 10.1. The van der Waals surface area contributed by atoms with Crippen molar-refractivity contribution in [3.05, 3.63) is 36.7 Å². The van der Waals surface area contributed by atoms with Crippen LogP contribution in [0.2, 0.25) is 0 Å². The normalized spacial score (nSPS) is 21.5. The number of piperazine rings is 2. The number of hydrogen-bond acceptors (Lipinski definition) is 8. The Labute approximate surface area is 206 Å². The third-order valence-electron chi connectivity index (χ3n) is 7.24. The van der Waals surface area contributed by atoms with E-state index in [1.807, 2.05) is 29.2 Å². The van der Waals surface area contributed by atoms with E-state index in [1.54, 1.807) is 18.3 Å². The van der Waals surface area contributed by atoms with Crippen molar-refractivity contribution in [1.82, 2.24) is 19.8 Å². The summed E-state index contributed by atoms with van der Waals surface area (Å²) in [5.41, 5.74) is 0.802. The minimum absolute atomic E-state index is 0.00965. The fourth-order valence-corrected chi connectivity index (χ4v) is 5.02. The van der Waals surface area contributed by atoms with Gasteiger partial charge in [0.15, 0.2) is 0 Å². The molecule has 186 valence electrons. The van der Waals surface area contributed by atoms with Gasteiger partial charge < -0.3 is 29.2 Å². The maximum absolute atomic E-state index is 13.2. The molecule has 3 saturated heterocycles. The molecule has 3 aliphatic heterocycles. The summed E-state index contributed by atoms with van der Waals surface area (Å²) >= 11 is 0. The average molecular weight is 480 g/mol. The van der Waals surface area contributed by atoms with Gasteiger partial charge in [0.05, 0.1) is 13.0 Å². The minimum atomic E-state index is -0.306. The first-order valence-corrected chi connectivity index (χ1v) is 12.3. The van der Waals surface area contributed by atoms with Crippen molar-refractivity contribution in [2.45, 2.75) is 6.42 Å². The van der Waals surface area contributed by atoms with Crippen LogP contribution >= 0.6 is 0 Å². The summed E-state index contributed by atoms with van der Waals surface area (Å²) in [5, 5.41) is 0. The molecule has 1 aromatic heterocycles. The molecule has 10 nitrogen and oxygen atoms in total. The quantitative estimate of drug-likeness (QED) is 0.627. The number of amides is 2. The molecule has 35 heavy (non-hydrogen) atoms. The zero-order valence-electron chi connectivity index (χ0n) is 20.5. The number of anilines is 3. The number of ether oxygens (including phenoxy) is 1. The fourth-order valence-electron chi connectivity index (χ4n) is 5.02. The Morgan fingerprint density at radius 1 is 0.914 bits per heavy atom. The first-order chi connectivity index (χ1) is 17.0. The number of carbonyl (C=O) groups excluding carboxylic acids is 2. The first-order valence-electron chi connectivity index (χ1n) is 12.3. The molecular weight excluding hydrogens is 446 g/mol. The largest absolute Gasteiger partial charge is 0.497 e. The molecule has 1 atom stereocenters. The van der Waals surface area contributed by atoms with E-state index in [9.17, 15) is 9.59 Å². The van der Waals surface area contributed by atoms with Crippen molar-refractivity contribution < 1.29 is 14.3 Å². The van der Waals surface area contributed by atoms with Gasteiger partial charge in [0.25, 0.3) is 0 Å². The van der Waals surface area contributed by atoms with Gasteiger partial charge in [0, 0.05) is 77.1 Å². The van der Waals surface area contributed by atoms with Crippen LogP contribution in [0.5, 0.6) is 5.75 Å². The minimum Gasteiger partial charge on any atom is -0.497 e. The lowest BCUT2D eigenvalue weighted by Gasteiger charge is -2.37. The van der Waals surface area contributed by atoms with E-state index in [2.05, 4.69) is 37.8 Å². The number of methoxy groups -OCH3 is 1. The molecule has 10 heteroatoms. The second-order valence-electron chi connectivity index (χ2n) is 9.44. The van der Waals surface area contributed by atoms with Crippen molar-refractivity contribution >= 4 is 29.1 Å². The molecule has 1 unspecified atom stereocenters. The van der Waals surface area contributed by atoms with Crippen LogP contribution in [0.1, 0.15) is 6.42 Å². The molecule has 0 spiro atoms. The number of benzene rings is 1. The van der Waals surface area contributed by atoms with Gasteiger partial charge >= 0.3 is 0 Å². The highest BCUT2D eigenvalue weighted by molar-refractivity contribution is 6.00. The fraction of sp³-hybridized carbons (Fsp3) is 0.520. The summed E-state index contributed by atoms with van der Waals surface area (Å²) in [6.45, 7) is 7.08. The third kappa shape index (κ3) is 5.02. The number of hydrogen-bond donors (Lipinski definition) is 0. The number of carbonyl (C=O) groups is 2. The molecule has 0 aliphatic carbocycles. The lowest BCUT2D eigenvalue weighted by atomic mass is 10.1. The summed E-state index contributed by atoms with van der Waals surface area (Å²) < 4.78 is 5.20. The number of likely N-dealkylation sites (N-methyl/N-ethyl adjacent to an activating group) is 1. The summed E-state index contributed by atoms with van der Waals surface area (Å²) in [4.78, 5) is 45.3. The maximum Gasteiger partial charge on any atom is 0.228 e. The average Bonchev–Trinajstić information content (AvgIpc) is 3.30. The van der Waals surface area contributed by atoms with Crippen LogP contribution in [0.4, 0.5) is 17.3 Å². The predicted octanol–water partition coefficient (Wildman–Crippen LogP) is 0.939. The standard InChI is InChI=1S/C25H33N7O3/c1-28-7-9-29(10-8-28)22-16-23(27-18-26-22)30-11-13-31(14-12-30)25(34)19-15-24(33)32(17-19)20-3-5-21(35-2)6-4-20/h3-6,16,18-19H,7-15,17H2,1-2H3. The first kappa shape index (κ1) is 23.3. The van der Waals surface area contributed by atoms with Gasteiger partial charge in [-0.25, -0.2) is 9.97 Å².